The minimum atomic E-state index is -4.55. The third-order valence-corrected chi connectivity index (χ3v) is 4.29. The van der Waals surface area contributed by atoms with Crippen LogP contribution in [0.4, 0.5) is 18.9 Å². The average molecular weight is 369 g/mol. The lowest BCUT2D eigenvalue weighted by Gasteiger charge is -2.19. The van der Waals surface area contributed by atoms with Crippen molar-refractivity contribution in [1.82, 2.24) is 5.32 Å². The molecule has 0 atom stereocenters. The highest BCUT2D eigenvalue weighted by Crippen LogP contribution is 2.57. The first-order valence-corrected chi connectivity index (χ1v) is 7.29. The number of amides is 1. The summed E-state index contributed by atoms with van der Waals surface area (Å²) < 4.78 is 38.5. The third-order valence-electron chi connectivity index (χ3n) is 3.47. The van der Waals surface area contributed by atoms with Gasteiger partial charge in [0.1, 0.15) is 11.1 Å². The Kier molecular flexibility index (Phi) is 4.82. The Bertz CT molecular complexity index is 668. The van der Waals surface area contributed by atoms with Crippen LogP contribution in [0.5, 0.6) is 0 Å². The normalized spacial score (nSPS) is 15.9. The second-order valence-electron chi connectivity index (χ2n) is 4.83. The van der Waals surface area contributed by atoms with Crippen molar-refractivity contribution in [1.29, 1.82) is 0 Å². The van der Waals surface area contributed by atoms with Crippen LogP contribution in [0.25, 0.3) is 0 Å². The van der Waals surface area contributed by atoms with Crippen LogP contribution in [0.3, 0.4) is 0 Å². The summed E-state index contributed by atoms with van der Waals surface area (Å²) >= 11 is 16.4. The Morgan fingerprint density at radius 3 is 2.55 bits per heavy atom. The summed E-state index contributed by atoms with van der Waals surface area (Å²) in [4.78, 5) is 15.5. The molecule has 1 aromatic rings. The molecular formula is C13H9Cl2F3N2OS. The van der Waals surface area contributed by atoms with E-state index in [1.165, 1.54) is 12.1 Å². The molecule has 22 heavy (non-hydrogen) atoms. The van der Waals surface area contributed by atoms with E-state index in [4.69, 9.17) is 23.2 Å². The number of aliphatic imine (C=N–C) groups is 1. The van der Waals surface area contributed by atoms with E-state index in [1.807, 2.05) is 0 Å². The van der Waals surface area contributed by atoms with Crippen LogP contribution in [-0.4, -0.2) is 17.2 Å². The molecule has 1 N–H and O–H groups in total. The van der Waals surface area contributed by atoms with Gasteiger partial charge >= 0.3 is 6.18 Å². The SMILES string of the molecule is O=C(NCc1ccc(Cl)c(N=C=S)c1Cl)C1(C(F)(F)F)CC1. The van der Waals surface area contributed by atoms with Crippen molar-refractivity contribution < 1.29 is 18.0 Å². The quantitative estimate of drug-likeness (QED) is 0.618. The maximum absolute atomic E-state index is 12.8. The number of nitrogens with one attached hydrogen (secondary N) is 1. The van der Waals surface area contributed by atoms with E-state index < -0.39 is 17.5 Å². The van der Waals surface area contributed by atoms with Gasteiger partial charge in [0.25, 0.3) is 0 Å². The smallest absolute Gasteiger partial charge is 0.351 e. The van der Waals surface area contributed by atoms with Gasteiger partial charge in [0.05, 0.1) is 15.2 Å². The number of rotatable bonds is 4. The molecule has 1 aliphatic carbocycles. The Morgan fingerprint density at radius 2 is 2.05 bits per heavy atom. The van der Waals surface area contributed by atoms with Gasteiger partial charge < -0.3 is 5.32 Å². The van der Waals surface area contributed by atoms with Crippen molar-refractivity contribution in [2.75, 3.05) is 0 Å². The van der Waals surface area contributed by atoms with Gasteiger partial charge in [-0.15, -0.1) is 0 Å². The Balaban J connectivity index is 2.15. The topological polar surface area (TPSA) is 41.5 Å². The van der Waals surface area contributed by atoms with Gasteiger partial charge in [0.15, 0.2) is 0 Å². The number of carbonyl (C=O) groups excluding carboxylic acids is 1. The molecule has 0 heterocycles. The molecule has 0 spiro atoms. The lowest BCUT2D eigenvalue weighted by molar-refractivity contribution is -0.192. The summed E-state index contributed by atoms with van der Waals surface area (Å²) in [6.45, 7) is -0.160. The first-order chi connectivity index (χ1) is 10.2. The number of alkyl halides is 3. The van der Waals surface area contributed by atoms with Gasteiger partial charge in [-0.25, -0.2) is 0 Å². The van der Waals surface area contributed by atoms with E-state index in [1.54, 1.807) is 0 Å². The maximum atomic E-state index is 12.8. The predicted octanol–water partition coefficient (Wildman–Crippen LogP) is 4.69. The van der Waals surface area contributed by atoms with Crippen molar-refractivity contribution in [2.24, 2.45) is 10.4 Å². The molecule has 0 bridgehead atoms. The maximum Gasteiger partial charge on any atom is 0.403 e. The third kappa shape index (κ3) is 3.13. The molecule has 1 aromatic carbocycles. The van der Waals surface area contributed by atoms with Gasteiger partial charge in [-0.05, 0) is 36.7 Å². The molecule has 3 nitrogen and oxygen atoms in total. The minimum absolute atomic E-state index is 0.113. The molecule has 1 amide bonds. The summed E-state index contributed by atoms with van der Waals surface area (Å²) in [6, 6.07) is 2.97. The van der Waals surface area contributed by atoms with Crippen LogP contribution in [0.1, 0.15) is 18.4 Å². The Hall–Kier alpha value is -1.14. The van der Waals surface area contributed by atoms with Gasteiger partial charge in [0.2, 0.25) is 5.91 Å². The van der Waals surface area contributed by atoms with Crippen LogP contribution in [0.2, 0.25) is 10.0 Å². The van der Waals surface area contributed by atoms with E-state index in [2.05, 4.69) is 27.7 Å². The number of hydrogen-bond donors (Lipinski definition) is 1. The first-order valence-electron chi connectivity index (χ1n) is 6.13. The largest absolute Gasteiger partial charge is 0.403 e. The van der Waals surface area contributed by atoms with Gasteiger partial charge in [-0.1, -0.05) is 29.3 Å². The van der Waals surface area contributed by atoms with Crippen LogP contribution in [0, 0.1) is 5.41 Å². The number of hydrogen-bond acceptors (Lipinski definition) is 3. The van der Waals surface area contributed by atoms with E-state index in [9.17, 15) is 18.0 Å². The molecule has 1 aliphatic rings. The molecule has 1 saturated carbocycles. The predicted molar refractivity (Wildman–Crippen MR) is 80.7 cm³/mol. The summed E-state index contributed by atoms with van der Waals surface area (Å²) in [5.41, 5.74) is -1.70. The molecule has 9 heteroatoms. The van der Waals surface area contributed by atoms with E-state index in [-0.39, 0.29) is 35.1 Å². The fourth-order valence-electron chi connectivity index (χ4n) is 1.98. The number of nitrogens with zero attached hydrogens (tertiary/aromatic N) is 1. The lowest BCUT2D eigenvalue weighted by atomic mass is 10.1. The second-order valence-corrected chi connectivity index (χ2v) is 5.80. The zero-order valence-corrected chi connectivity index (χ0v) is 13.3. The van der Waals surface area contributed by atoms with E-state index >= 15 is 0 Å². The highest BCUT2D eigenvalue weighted by molar-refractivity contribution is 7.78. The van der Waals surface area contributed by atoms with Gasteiger partial charge in [-0.3, -0.25) is 4.79 Å². The molecular weight excluding hydrogens is 360 g/mol. The van der Waals surface area contributed by atoms with Crippen molar-refractivity contribution in [3.8, 4) is 0 Å². The molecule has 0 aromatic heterocycles. The van der Waals surface area contributed by atoms with Crippen LogP contribution in [0.15, 0.2) is 17.1 Å². The lowest BCUT2D eigenvalue weighted by Crippen LogP contribution is -2.40. The second kappa shape index (κ2) is 6.16. The van der Waals surface area contributed by atoms with Gasteiger partial charge in [0, 0.05) is 6.54 Å². The van der Waals surface area contributed by atoms with Crippen molar-refractivity contribution in [3.63, 3.8) is 0 Å². The first kappa shape index (κ1) is 17.2. The number of thiocarbonyl (C=S) groups is 1. The fraction of sp³-hybridized carbons (Fsp3) is 0.385. The zero-order valence-electron chi connectivity index (χ0n) is 10.9. The molecule has 2 rings (SSSR count). The number of halogens is 5. The minimum Gasteiger partial charge on any atom is -0.351 e. The van der Waals surface area contributed by atoms with E-state index in [0.717, 1.165) is 0 Å². The molecule has 0 radical (unpaired) electrons. The summed E-state index contributed by atoms with van der Waals surface area (Å²) in [6.07, 6.45) is -4.94. The van der Waals surface area contributed by atoms with Crippen LogP contribution < -0.4 is 5.32 Å². The number of benzene rings is 1. The molecule has 0 aliphatic heterocycles. The summed E-state index contributed by atoms with van der Waals surface area (Å²) in [7, 11) is 0. The average Bonchev–Trinajstić information content (AvgIpc) is 3.23. The zero-order chi connectivity index (χ0) is 16.5. The molecule has 118 valence electrons. The fourth-order valence-corrected chi connectivity index (χ4v) is 2.59. The number of carbonyl (C=O) groups is 1. The molecule has 0 saturated heterocycles. The Labute approximate surface area is 139 Å². The van der Waals surface area contributed by atoms with Crippen LogP contribution >= 0.6 is 35.4 Å². The van der Waals surface area contributed by atoms with Gasteiger partial charge in [-0.2, -0.15) is 18.2 Å². The summed E-state index contributed by atoms with van der Waals surface area (Å²) in [5.74, 6) is -1.05. The standard InChI is InChI=1S/C13H9Cl2F3N2OS/c14-8-2-1-7(9(15)10(8)20-6-22)5-19-11(21)12(3-4-12)13(16,17)18/h1-2H,3-5H2,(H,19,21). The monoisotopic (exact) mass is 368 g/mol. The van der Waals surface area contributed by atoms with Crippen LogP contribution in [-0.2, 0) is 11.3 Å². The highest BCUT2D eigenvalue weighted by Gasteiger charge is 2.68. The number of isothiocyanates is 1. The molecule has 1 fully saturated rings. The Morgan fingerprint density at radius 1 is 1.41 bits per heavy atom. The van der Waals surface area contributed by atoms with Crippen molar-refractivity contribution in [2.45, 2.75) is 25.6 Å². The molecule has 0 unspecified atom stereocenters. The van der Waals surface area contributed by atoms with Crippen molar-refractivity contribution in [3.05, 3.63) is 27.7 Å². The van der Waals surface area contributed by atoms with Crippen molar-refractivity contribution >= 4 is 52.2 Å². The summed E-state index contributed by atoms with van der Waals surface area (Å²) in [5, 5.41) is 4.72. The van der Waals surface area contributed by atoms with E-state index in [0.29, 0.717) is 5.56 Å². The highest BCUT2D eigenvalue weighted by atomic mass is 35.5.